The smallest absolute Gasteiger partial charge is 0.317 e. The monoisotopic (exact) mass is 1140 g/mol. The van der Waals surface area contributed by atoms with Crippen molar-refractivity contribution in [1.82, 2.24) is 5.32 Å². The zero-order chi connectivity index (χ0) is 60.4. The molecule has 1 saturated heterocycles. The third-order valence-corrected chi connectivity index (χ3v) is 16.2. The second kappa shape index (κ2) is 36.7. The van der Waals surface area contributed by atoms with Crippen LogP contribution < -0.4 is 11.1 Å². The van der Waals surface area contributed by atoms with E-state index >= 15 is 0 Å². The van der Waals surface area contributed by atoms with Gasteiger partial charge in [0.05, 0.1) is 67.0 Å². The maximum Gasteiger partial charge on any atom is 0.317 e. The van der Waals surface area contributed by atoms with E-state index in [-0.39, 0.29) is 62.7 Å². The van der Waals surface area contributed by atoms with E-state index < -0.39 is 145 Å². The first kappa shape index (κ1) is 72.3. The lowest BCUT2D eigenvalue weighted by molar-refractivity contribution is -0.333. The number of nitrogens with one attached hydrogen (secondary N) is 1. The number of nitrogens with two attached hydrogens (primary N) is 1. The molecule has 1 fully saturated rings. The van der Waals surface area contributed by atoms with Crippen LogP contribution in [0, 0.1) is 47.3 Å². The molecule has 462 valence electrons. The Balaban J connectivity index is 2.45. The number of aliphatic hydroxyl groups excluding tert-OH is 10. The summed E-state index contributed by atoms with van der Waals surface area (Å²) in [6, 6.07) is 0. The van der Waals surface area contributed by atoms with Crippen LogP contribution in [0.1, 0.15) is 152 Å². The maximum absolute atomic E-state index is 13.9. The summed E-state index contributed by atoms with van der Waals surface area (Å²) in [6.07, 6.45) is -0.0780. The number of aliphatic imine (C=N–C) groups is 1. The molecule has 0 aliphatic carbocycles. The molecule has 21 nitrogen and oxygen atoms in total. The van der Waals surface area contributed by atoms with Gasteiger partial charge in [0.2, 0.25) is 0 Å². The minimum Gasteiger partial charge on any atom is -0.481 e. The minimum atomic E-state index is -2.50. The van der Waals surface area contributed by atoms with Crippen LogP contribution >= 0.6 is 0 Å². The van der Waals surface area contributed by atoms with Crippen molar-refractivity contribution in [2.75, 3.05) is 13.6 Å². The second-order valence-corrected chi connectivity index (χ2v) is 23.4. The largest absolute Gasteiger partial charge is 0.481 e. The van der Waals surface area contributed by atoms with Crippen LogP contribution in [-0.2, 0) is 28.6 Å². The molecule has 2 rings (SSSR count). The van der Waals surface area contributed by atoms with Gasteiger partial charge in [-0.15, -0.1) is 0 Å². The molecule has 0 unspecified atom stereocenters. The predicted molar refractivity (Wildman–Crippen MR) is 302 cm³/mol. The van der Waals surface area contributed by atoms with Gasteiger partial charge >= 0.3 is 17.9 Å². The summed E-state index contributed by atoms with van der Waals surface area (Å²) in [7, 11) is 1.63. The molecular weight excluding hydrogens is 1040 g/mol. The van der Waals surface area contributed by atoms with Gasteiger partial charge in [0.25, 0.3) is 0 Å². The number of hydrogen-bond donors (Lipinski definition) is 14. The highest BCUT2D eigenvalue weighted by Gasteiger charge is 2.50. The van der Waals surface area contributed by atoms with E-state index in [9.17, 15) is 75.7 Å². The SMILES string of the molecule is CN=C(N)NCCC/C=C/CCC[C@H](C)C[C@H](C)[C@H]1OC(=O)[C@H](C)[C@H](O)C=C[C@H](C)[C@H](O)C[C@H](O)[C@H](C)[C@@H](O)CC[C@H](C)[C@H](O)C[C@]2(O)O[C@H](C[C@@H](O)C[C@H](OC(=O)CC(=O)O)C[C@@H](O)[C@H](C)[C@H](O)C=CC=C[C@@H]1C)C[C@H](O)[C@H]2O. The van der Waals surface area contributed by atoms with E-state index in [4.69, 9.17) is 19.9 Å². The Labute approximate surface area is 474 Å². The summed E-state index contributed by atoms with van der Waals surface area (Å²) in [6.45, 7) is 14.8. The summed E-state index contributed by atoms with van der Waals surface area (Å²) in [5.74, 6) is -9.42. The third-order valence-electron chi connectivity index (χ3n) is 16.2. The van der Waals surface area contributed by atoms with Gasteiger partial charge in [0.15, 0.2) is 11.7 Å². The van der Waals surface area contributed by atoms with E-state index in [0.29, 0.717) is 5.96 Å². The number of nitrogens with zero attached hydrogens (tertiary/aromatic N) is 1. The number of rotatable bonds is 14. The number of carbonyl (C=O) groups excluding carboxylic acids is 2. The van der Waals surface area contributed by atoms with Crippen LogP contribution in [0.3, 0.4) is 0 Å². The van der Waals surface area contributed by atoms with Crippen LogP contribution in [0.25, 0.3) is 0 Å². The topological polar surface area (TPSA) is 372 Å². The fourth-order valence-electron chi connectivity index (χ4n) is 10.3. The van der Waals surface area contributed by atoms with Crippen LogP contribution in [0.5, 0.6) is 0 Å². The Morgan fingerprint density at radius 3 is 2.05 bits per heavy atom. The fraction of sp³-hybridized carbons (Fsp3) is 0.797. The van der Waals surface area contributed by atoms with Gasteiger partial charge in [0, 0.05) is 69.4 Å². The van der Waals surface area contributed by atoms with Crippen LogP contribution in [0.4, 0.5) is 0 Å². The van der Waals surface area contributed by atoms with Gasteiger partial charge in [-0.05, 0) is 76.0 Å². The van der Waals surface area contributed by atoms with E-state index in [0.717, 1.165) is 45.1 Å². The van der Waals surface area contributed by atoms with Crippen molar-refractivity contribution in [1.29, 1.82) is 0 Å². The van der Waals surface area contributed by atoms with Crippen molar-refractivity contribution in [3.63, 3.8) is 0 Å². The predicted octanol–water partition coefficient (Wildman–Crippen LogP) is 3.30. The highest BCUT2D eigenvalue weighted by atomic mass is 16.7. The maximum atomic E-state index is 13.9. The lowest BCUT2D eigenvalue weighted by Gasteiger charge is -2.45. The molecular formula is C59H103N3O18. The van der Waals surface area contributed by atoms with Gasteiger partial charge in [-0.3, -0.25) is 19.4 Å². The van der Waals surface area contributed by atoms with E-state index in [1.54, 1.807) is 59.9 Å². The summed E-state index contributed by atoms with van der Waals surface area (Å²) < 4.78 is 17.5. The molecule has 0 radical (unpaired) electrons. The molecule has 0 saturated carbocycles. The minimum absolute atomic E-state index is 0.0842. The van der Waals surface area contributed by atoms with Crippen LogP contribution in [0.15, 0.2) is 53.6 Å². The van der Waals surface area contributed by atoms with Gasteiger partial charge in [-0.1, -0.05) is 103 Å². The first-order valence-corrected chi connectivity index (χ1v) is 29.0. The Morgan fingerprint density at radius 1 is 0.762 bits per heavy atom. The Kier molecular flexibility index (Phi) is 33.1. The van der Waals surface area contributed by atoms with E-state index in [2.05, 4.69) is 29.4 Å². The lowest BCUT2D eigenvalue weighted by Crippen LogP contribution is -2.59. The average molecular weight is 1140 g/mol. The summed E-state index contributed by atoms with van der Waals surface area (Å²) >= 11 is 0. The number of aliphatic carboxylic acids is 1. The zero-order valence-electron chi connectivity index (χ0n) is 48.9. The normalized spacial score (nSPS) is 37.7. The van der Waals surface area contributed by atoms with Crippen molar-refractivity contribution in [3.05, 3.63) is 48.6 Å². The molecule has 0 aromatic rings. The molecule has 0 amide bonds. The van der Waals surface area contributed by atoms with Crippen molar-refractivity contribution < 1.29 is 89.9 Å². The standard InChI is InChI=1S/C59H103N3O18/c1-34(18-14-12-10-11-13-17-25-62-58(60)61-9)26-38(5)55-37(4)19-15-16-20-45(64)39(6)49(68)29-43(78-54(74)32-53(72)73)27-42(63)28-44-30-51(70)56(75)59(77,80-44)33-52(71)36(3)22-23-46(65)40(7)50(69)31-48(67)35(2)21-24-47(66)41(8)57(76)79-55/h10-11,15-16,19-21,24,34-52,55-56,63-71,75,77H,12-14,17-18,22-23,25-33H2,1-9H3,(H,72,73)(H3,60,61,62)/b11-10+,19-15?,20-16?,24-21?/t34-,35-,36-,37-,38-,39+,40+,41+,42-,43-,44+,45+,46-,47+,48+,49+,50-,51-,52+,55-,56+,59-/m0/s1. The number of carboxylic acids is 1. The number of aliphatic hydroxyl groups is 11. The molecule has 22 atom stereocenters. The number of unbranched alkanes of at least 4 members (excludes halogenated alkanes) is 2. The lowest BCUT2D eigenvalue weighted by atomic mass is 9.83. The van der Waals surface area contributed by atoms with E-state index in [1.807, 2.05) is 19.9 Å². The van der Waals surface area contributed by atoms with Crippen LogP contribution in [-0.4, -0.2) is 184 Å². The number of allylic oxidation sites excluding steroid dienone is 4. The number of ether oxygens (including phenoxy) is 3. The average Bonchev–Trinajstić information content (AvgIpc) is 3.38. The molecule has 2 aliphatic heterocycles. The number of hydrogen-bond acceptors (Lipinski definition) is 18. The van der Waals surface area contributed by atoms with E-state index in [1.165, 1.54) is 12.2 Å². The zero-order valence-corrected chi connectivity index (χ0v) is 48.9. The number of guanidine groups is 1. The Hall–Kier alpha value is -3.84. The highest BCUT2D eigenvalue weighted by molar-refractivity contribution is 5.90. The quantitative estimate of drug-likeness (QED) is 0.0296. The molecule has 0 spiro atoms. The first-order chi connectivity index (χ1) is 37.5. The molecule has 80 heavy (non-hydrogen) atoms. The molecule has 0 aromatic carbocycles. The number of fused-ring (bicyclic) bond motifs is 2. The molecule has 0 aromatic heterocycles. The van der Waals surface area contributed by atoms with Gasteiger partial charge in [0.1, 0.15) is 24.7 Å². The number of carboxylic acid groups (broad SMARTS) is 1. The van der Waals surface area contributed by atoms with Crippen molar-refractivity contribution in [2.24, 2.45) is 58.1 Å². The van der Waals surface area contributed by atoms with Crippen molar-refractivity contribution >= 4 is 23.9 Å². The summed E-state index contributed by atoms with van der Waals surface area (Å²) in [4.78, 5) is 41.7. The molecule has 2 aliphatic rings. The molecule has 2 bridgehead atoms. The van der Waals surface area contributed by atoms with Gasteiger partial charge < -0.3 is 86.5 Å². The molecule has 2 heterocycles. The molecule has 15 N–H and O–H groups in total. The number of cyclic esters (lactones) is 1. The summed E-state index contributed by atoms with van der Waals surface area (Å²) in [5, 5.41) is 135. The van der Waals surface area contributed by atoms with Gasteiger partial charge in [-0.25, -0.2) is 0 Å². The number of esters is 2. The van der Waals surface area contributed by atoms with Crippen LogP contribution in [0.2, 0.25) is 0 Å². The highest BCUT2D eigenvalue weighted by Crippen LogP contribution is 2.36. The van der Waals surface area contributed by atoms with Crippen molar-refractivity contribution in [2.45, 2.75) is 237 Å². The Bertz CT molecular complexity index is 1960. The fourth-order valence-corrected chi connectivity index (χ4v) is 10.3. The molecule has 21 heteroatoms. The summed E-state index contributed by atoms with van der Waals surface area (Å²) in [5.41, 5.74) is 5.68. The second-order valence-electron chi connectivity index (χ2n) is 23.4. The third kappa shape index (κ3) is 26.2. The Morgan fingerprint density at radius 2 is 1.40 bits per heavy atom. The van der Waals surface area contributed by atoms with Crippen molar-refractivity contribution in [3.8, 4) is 0 Å². The van der Waals surface area contributed by atoms with Gasteiger partial charge in [-0.2, -0.15) is 0 Å². The first-order valence-electron chi connectivity index (χ1n) is 29.0. The number of carbonyl (C=O) groups is 3.